The first-order valence-electron chi connectivity index (χ1n) is 11.0. The van der Waals surface area contributed by atoms with E-state index in [-0.39, 0.29) is 11.6 Å². The van der Waals surface area contributed by atoms with Crippen molar-refractivity contribution in [2.75, 3.05) is 46.3 Å². The topological polar surface area (TPSA) is 52.1 Å². The molecular formula is C22H33N5O. The highest BCUT2D eigenvalue weighted by Crippen LogP contribution is 2.46. The van der Waals surface area contributed by atoms with Gasteiger partial charge in [-0.25, -0.2) is 0 Å². The number of benzene rings is 1. The molecule has 3 saturated heterocycles. The third kappa shape index (κ3) is 3.48. The lowest BCUT2D eigenvalue weighted by molar-refractivity contribution is 0.0153. The number of fused-ring (bicyclic) bond motifs is 4. The normalized spacial score (nSPS) is 33.4. The summed E-state index contributed by atoms with van der Waals surface area (Å²) in [6.45, 7) is 6.98. The summed E-state index contributed by atoms with van der Waals surface area (Å²) in [4.78, 5) is 9.75. The summed E-state index contributed by atoms with van der Waals surface area (Å²) in [7, 11) is 1.88. The van der Waals surface area contributed by atoms with Gasteiger partial charge in [-0.2, -0.15) is 0 Å². The van der Waals surface area contributed by atoms with Gasteiger partial charge < -0.3 is 15.4 Å². The Bertz CT molecular complexity index is 721. The van der Waals surface area contributed by atoms with Crippen molar-refractivity contribution in [1.82, 2.24) is 20.4 Å². The minimum Gasteiger partial charge on any atom is -0.487 e. The van der Waals surface area contributed by atoms with Crippen LogP contribution >= 0.6 is 0 Å². The van der Waals surface area contributed by atoms with E-state index in [4.69, 9.17) is 4.74 Å². The molecule has 4 aliphatic heterocycles. The molecule has 6 heteroatoms. The van der Waals surface area contributed by atoms with Gasteiger partial charge in [-0.15, -0.1) is 0 Å². The lowest BCUT2D eigenvalue weighted by Gasteiger charge is -2.47. The number of aliphatic imine (C=N–C) groups is 1. The van der Waals surface area contributed by atoms with Gasteiger partial charge in [0.05, 0.1) is 6.04 Å². The summed E-state index contributed by atoms with van der Waals surface area (Å²) in [6.07, 6.45) is 5.90. The highest BCUT2D eigenvalue weighted by molar-refractivity contribution is 5.80. The highest BCUT2D eigenvalue weighted by Gasteiger charge is 2.43. The highest BCUT2D eigenvalue weighted by atomic mass is 16.5. The fraction of sp³-hybridized carbons (Fsp3) is 0.682. The second-order valence-electron chi connectivity index (χ2n) is 8.87. The molecule has 0 aromatic heterocycles. The molecule has 2 N–H and O–H groups in total. The smallest absolute Gasteiger partial charge is 0.191 e. The van der Waals surface area contributed by atoms with Crippen LogP contribution in [-0.2, 0) is 0 Å². The molecule has 5 aliphatic rings. The zero-order chi connectivity index (χ0) is 19.0. The van der Waals surface area contributed by atoms with Crippen LogP contribution in [0.15, 0.2) is 29.3 Å². The van der Waals surface area contributed by atoms with Gasteiger partial charge in [-0.05, 0) is 31.7 Å². The van der Waals surface area contributed by atoms with Gasteiger partial charge in [0.15, 0.2) is 5.96 Å². The van der Waals surface area contributed by atoms with Crippen molar-refractivity contribution in [3.63, 3.8) is 0 Å². The Morgan fingerprint density at radius 2 is 1.96 bits per heavy atom. The number of ether oxygens (including phenoxy) is 1. The van der Waals surface area contributed by atoms with Crippen LogP contribution in [0, 0.1) is 0 Å². The van der Waals surface area contributed by atoms with Crippen LogP contribution in [-0.4, -0.2) is 73.7 Å². The number of rotatable bonds is 3. The fourth-order valence-corrected chi connectivity index (χ4v) is 5.56. The largest absolute Gasteiger partial charge is 0.487 e. The molecule has 1 spiro atoms. The molecule has 0 radical (unpaired) electrons. The Balaban J connectivity index is 1.27. The van der Waals surface area contributed by atoms with Gasteiger partial charge >= 0.3 is 0 Å². The number of para-hydroxylation sites is 1. The molecule has 28 heavy (non-hydrogen) atoms. The molecule has 1 aromatic rings. The molecular weight excluding hydrogens is 350 g/mol. The molecule has 2 unspecified atom stereocenters. The van der Waals surface area contributed by atoms with Crippen molar-refractivity contribution in [2.45, 2.75) is 49.8 Å². The number of hydrogen-bond acceptors (Lipinski definition) is 4. The third-order valence-corrected chi connectivity index (χ3v) is 7.14. The molecule has 4 heterocycles. The Labute approximate surface area is 168 Å². The molecule has 1 aromatic carbocycles. The van der Waals surface area contributed by atoms with E-state index >= 15 is 0 Å². The van der Waals surface area contributed by atoms with E-state index in [1.54, 1.807) is 0 Å². The van der Waals surface area contributed by atoms with E-state index in [1.807, 2.05) is 7.05 Å². The summed E-state index contributed by atoms with van der Waals surface area (Å²) in [6, 6.07) is 9.35. The predicted molar refractivity (Wildman–Crippen MR) is 112 cm³/mol. The summed E-state index contributed by atoms with van der Waals surface area (Å²) in [5, 5.41) is 7.33. The lowest BCUT2D eigenvalue weighted by atomic mass is 9.86. The van der Waals surface area contributed by atoms with Crippen LogP contribution in [0.2, 0.25) is 0 Å². The minimum absolute atomic E-state index is 0.00633. The maximum Gasteiger partial charge on any atom is 0.191 e. The van der Waals surface area contributed by atoms with Gasteiger partial charge in [0.1, 0.15) is 11.4 Å². The van der Waals surface area contributed by atoms with Crippen LogP contribution in [0.25, 0.3) is 0 Å². The summed E-state index contributed by atoms with van der Waals surface area (Å²) in [5.41, 5.74) is 1.27. The molecule has 1 aliphatic carbocycles. The molecule has 152 valence electrons. The van der Waals surface area contributed by atoms with Crippen LogP contribution in [0.4, 0.5) is 0 Å². The number of piperazine rings is 3. The summed E-state index contributed by atoms with van der Waals surface area (Å²) in [5.74, 6) is 1.96. The van der Waals surface area contributed by atoms with E-state index in [1.165, 1.54) is 64.0 Å². The summed E-state index contributed by atoms with van der Waals surface area (Å²) < 4.78 is 6.50. The SMILES string of the molecule is CN=C(NCC1CN2CCN1CC2)NC1CC2(CCCC2)Oc2ccccc21. The van der Waals surface area contributed by atoms with Gasteiger partial charge in [-0.1, -0.05) is 18.2 Å². The lowest BCUT2D eigenvalue weighted by Crippen LogP contribution is -2.64. The maximum atomic E-state index is 6.50. The van der Waals surface area contributed by atoms with Crippen molar-refractivity contribution in [3.05, 3.63) is 29.8 Å². The quantitative estimate of drug-likeness (QED) is 0.618. The summed E-state index contributed by atoms with van der Waals surface area (Å²) >= 11 is 0. The second-order valence-corrected chi connectivity index (χ2v) is 8.87. The molecule has 0 amide bonds. The molecule has 1 saturated carbocycles. The molecule has 2 bridgehead atoms. The van der Waals surface area contributed by atoms with Crippen molar-refractivity contribution < 1.29 is 4.74 Å². The van der Waals surface area contributed by atoms with Gasteiger partial charge in [-0.3, -0.25) is 14.8 Å². The zero-order valence-electron chi connectivity index (χ0n) is 17.0. The molecule has 4 fully saturated rings. The van der Waals surface area contributed by atoms with E-state index in [0.717, 1.165) is 24.7 Å². The van der Waals surface area contributed by atoms with Crippen molar-refractivity contribution in [3.8, 4) is 5.75 Å². The van der Waals surface area contributed by atoms with Crippen LogP contribution in [0.1, 0.15) is 43.7 Å². The van der Waals surface area contributed by atoms with E-state index in [2.05, 4.69) is 49.7 Å². The number of hydrogen-bond donors (Lipinski definition) is 2. The first kappa shape index (κ1) is 18.3. The van der Waals surface area contributed by atoms with Crippen LogP contribution in [0.5, 0.6) is 5.75 Å². The van der Waals surface area contributed by atoms with Gasteiger partial charge in [0, 0.05) is 64.3 Å². The Kier molecular flexibility index (Phi) is 4.93. The first-order chi connectivity index (χ1) is 13.7. The predicted octanol–water partition coefficient (Wildman–Crippen LogP) is 1.99. The second kappa shape index (κ2) is 7.56. The fourth-order valence-electron chi connectivity index (χ4n) is 5.56. The Morgan fingerprint density at radius 3 is 2.68 bits per heavy atom. The average molecular weight is 384 g/mol. The van der Waals surface area contributed by atoms with E-state index in [9.17, 15) is 0 Å². The number of nitrogens with zero attached hydrogens (tertiary/aromatic N) is 3. The number of guanidine groups is 1. The van der Waals surface area contributed by atoms with Crippen molar-refractivity contribution in [1.29, 1.82) is 0 Å². The van der Waals surface area contributed by atoms with Gasteiger partial charge in [0.2, 0.25) is 0 Å². The van der Waals surface area contributed by atoms with Gasteiger partial charge in [0.25, 0.3) is 0 Å². The Morgan fingerprint density at radius 1 is 1.18 bits per heavy atom. The van der Waals surface area contributed by atoms with Crippen LogP contribution in [0.3, 0.4) is 0 Å². The van der Waals surface area contributed by atoms with Crippen molar-refractivity contribution in [2.24, 2.45) is 4.99 Å². The Hall–Kier alpha value is -1.79. The third-order valence-electron chi connectivity index (χ3n) is 7.14. The standard InChI is InChI=1S/C22H33N5O/c1-23-21(24-15-17-16-26-10-12-27(17)13-11-26)25-19-14-22(8-4-5-9-22)28-20-7-3-2-6-18(19)20/h2-3,6-7,17,19H,4-5,8-16H2,1H3,(H2,23,24,25). The zero-order valence-corrected chi connectivity index (χ0v) is 17.0. The van der Waals surface area contributed by atoms with Crippen LogP contribution < -0.4 is 15.4 Å². The molecule has 6 rings (SSSR count). The molecule has 6 nitrogen and oxygen atoms in total. The van der Waals surface area contributed by atoms with Crippen molar-refractivity contribution >= 4 is 5.96 Å². The monoisotopic (exact) mass is 383 g/mol. The maximum absolute atomic E-state index is 6.50. The average Bonchev–Trinajstić information content (AvgIpc) is 3.19. The molecule has 2 atom stereocenters. The van der Waals surface area contributed by atoms with E-state index in [0.29, 0.717) is 6.04 Å². The number of nitrogens with one attached hydrogen (secondary N) is 2. The van der Waals surface area contributed by atoms with E-state index < -0.39 is 0 Å². The minimum atomic E-state index is 0.00633. The first-order valence-corrected chi connectivity index (χ1v) is 11.0.